The van der Waals surface area contributed by atoms with Crippen molar-refractivity contribution in [1.82, 2.24) is 10.2 Å². The van der Waals surface area contributed by atoms with Crippen LogP contribution in [0.3, 0.4) is 0 Å². The Balaban J connectivity index is 1.79. The third-order valence-electron chi connectivity index (χ3n) is 3.64. The van der Waals surface area contributed by atoms with Crippen molar-refractivity contribution in [3.05, 3.63) is 21.9 Å². The Morgan fingerprint density at radius 1 is 1.43 bits per heavy atom. The molecule has 0 spiro atoms. The second-order valence-electron chi connectivity index (χ2n) is 5.72. The van der Waals surface area contributed by atoms with E-state index >= 15 is 0 Å². The van der Waals surface area contributed by atoms with Gasteiger partial charge in [-0.2, -0.15) is 0 Å². The molecule has 0 bridgehead atoms. The monoisotopic (exact) mass is 309 g/mol. The van der Waals surface area contributed by atoms with Crippen molar-refractivity contribution in [3.63, 3.8) is 0 Å². The number of hydrogen-bond donors (Lipinski definition) is 2. The first-order chi connectivity index (χ1) is 9.95. The summed E-state index contributed by atoms with van der Waals surface area (Å²) in [5.41, 5.74) is 5.66. The third-order valence-corrected chi connectivity index (χ3v) is 4.64. The van der Waals surface area contributed by atoms with E-state index in [1.54, 1.807) is 0 Å². The van der Waals surface area contributed by atoms with Gasteiger partial charge in [-0.25, -0.2) is 0 Å². The average molecular weight is 309 g/mol. The van der Waals surface area contributed by atoms with Gasteiger partial charge in [0.05, 0.1) is 4.88 Å². The summed E-state index contributed by atoms with van der Waals surface area (Å²) in [6.07, 6.45) is 2.01. The molecule has 3 N–H and O–H groups in total. The lowest BCUT2D eigenvalue weighted by molar-refractivity contribution is -0.132. The summed E-state index contributed by atoms with van der Waals surface area (Å²) in [6.45, 7) is 5.22. The van der Waals surface area contributed by atoms with E-state index in [1.807, 2.05) is 30.9 Å². The summed E-state index contributed by atoms with van der Waals surface area (Å²) < 4.78 is 0. The predicted octanol–water partition coefficient (Wildman–Crippen LogP) is 1.51. The van der Waals surface area contributed by atoms with Crippen LogP contribution in [-0.2, 0) is 4.79 Å². The molecule has 1 aliphatic rings. The normalized spacial score (nSPS) is 17.6. The summed E-state index contributed by atoms with van der Waals surface area (Å²) in [4.78, 5) is 27.7. The Morgan fingerprint density at radius 2 is 2.10 bits per heavy atom. The number of thiophene rings is 1. The number of carbonyl (C=O) groups excluding carboxylic acids is 2. The number of likely N-dealkylation sites (tertiary alicyclic amines) is 1. The average Bonchev–Trinajstić information content (AvgIpc) is 2.85. The molecular formula is C15H23N3O2S. The molecule has 1 aromatic heterocycles. The number of nitrogens with zero attached hydrogens (tertiary/aromatic N) is 1. The van der Waals surface area contributed by atoms with Gasteiger partial charge >= 0.3 is 0 Å². The highest BCUT2D eigenvalue weighted by molar-refractivity contribution is 7.13. The summed E-state index contributed by atoms with van der Waals surface area (Å²) in [5.74, 6) is 0.108. The number of amides is 2. The fourth-order valence-electron chi connectivity index (χ4n) is 2.49. The molecule has 0 aliphatic carbocycles. The Bertz CT molecular complexity index is 505. The van der Waals surface area contributed by atoms with Gasteiger partial charge in [0.25, 0.3) is 5.91 Å². The zero-order valence-electron chi connectivity index (χ0n) is 12.6. The van der Waals surface area contributed by atoms with Crippen LogP contribution in [0.2, 0.25) is 0 Å². The number of carbonyl (C=O) groups is 2. The van der Waals surface area contributed by atoms with Gasteiger partial charge in [0.15, 0.2) is 0 Å². The number of nitrogens with one attached hydrogen (secondary N) is 1. The number of rotatable bonds is 4. The Hall–Kier alpha value is -1.40. The number of aryl methyl sites for hydroxylation is 1. The minimum Gasteiger partial charge on any atom is -0.348 e. The quantitative estimate of drug-likeness (QED) is 0.885. The maximum atomic E-state index is 12.1. The molecule has 0 aromatic carbocycles. The molecule has 2 heterocycles. The summed E-state index contributed by atoms with van der Waals surface area (Å²) in [5, 5.41) is 3.06. The van der Waals surface area contributed by atoms with Crippen molar-refractivity contribution < 1.29 is 9.59 Å². The number of hydrogen-bond acceptors (Lipinski definition) is 4. The molecule has 1 fully saturated rings. The first-order valence-corrected chi connectivity index (χ1v) is 8.18. The van der Waals surface area contributed by atoms with E-state index in [1.165, 1.54) is 11.3 Å². The van der Waals surface area contributed by atoms with Crippen LogP contribution in [0.15, 0.2) is 12.1 Å². The van der Waals surface area contributed by atoms with Crippen LogP contribution < -0.4 is 11.1 Å². The molecule has 2 amide bonds. The van der Waals surface area contributed by atoms with Gasteiger partial charge in [0.2, 0.25) is 5.91 Å². The van der Waals surface area contributed by atoms with E-state index in [0.29, 0.717) is 19.5 Å². The molecule has 1 aromatic rings. The van der Waals surface area contributed by atoms with E-state index in [-0.39, 0.29) is 23.9 Å². The van der Waals surface area contributed by atoms with Gasteiger partial charge in [-0.3, -0.25) is 9.59 Å². The number of piperidine rings is 1. The molecule has 5 nitrogen and oxygen atoms in total. The first-order valence-electron chi connectivity index (χ1n) is 7.36. The Morgan fingerprint density at radius 3 is 2.62 bits per heavy atom. The largest absolute Gasteiger partial charge is 0.348 e. The van der Waals surface area contributed by atoms with Crippen molar-refractivity contribution in [3.8, 4) is 0 Å². The number of nitrogens with two attached hydrogens (primary N) is 1. The maximum absolute atomic E-state index is 12.1. The topological polar surface area (TPSA) is 75.4 Å². The van der Waals surface area contributed by atoms with Crippen LogP contribution >= 0.6 is 11.3 Å². The molecule has 2 rings (SSSR count). The van der Waals surface area contributed by atoms with Crippen LogP contribution in [0.1, 0.15) is 40.7 Å². The molecule has 1 unspecified atom stereocenters. The highest BCUT2D eigenvalue weighted by Gasteiger charge is 2.24. The molecule has 21 heavy (non-hydrogen) atoms. The molecule has 0 saturated carbocycles. The highest BCUT2D eigenvalue weighted by atomic mass is 32.1. The van der Waals surface area contributed by atoms with Crippen molar-refractivity contribution in [2.24, 2.45) is 5.73 Å². The molecule has 6 heteroatoms. The van der Waals surface area contributed by atoms with E-state index in [9.17, 15) is 9.59 Å². The molecule has 1 saturated heterocycles. The SMILES string of the molecule is Cc1ccc(C(=O)NC2CCN(C(=O)CC(C)N)CC2)s1. The van der Waals surface area contributed by atoms with Gasteiger partial charge in [0, 0.05) is 36.5 Å². The van der Waals surface area contributed by atoms with Crippen LogP contribution in [0.4, 0.5) is 0 Å². The summed E-state index contributed by atoms with van der Waals surface area (Å²) in [6, 6.07) is 3.86. The van der Waals surface area contributed by atoms with Gasteiger partial charge in [0.1, 0.15) is 0 Å². The van der Waals surface area contributed by atoms with Crippen LogP contribution in [-0.4, -0.2) is 41.9 Å². The Kier molecular flexibility index (Phi) is 5.36. The molecule has 1 atom stereocenters. The lowest BCUT2D eigenvalue weighted by Crippen LogP contribution is -2.47. The first kappa shape index (κ1) is 16.0. The standard InChI is InChI=1S/C15H23N3O2S/c1-10(16)9-14(19)18-7-5-12(6-8-18)17-15(20)13-4-3-11(2)21-13/h3-4,10,12H,5-9,16H2,1-2H3,(H,17,20). The van der Waals surface area contributed by atoms with Crippen molar-refractivity contribution >= 4 is 23.2 Å². The van der Waals surface area contributed by atoms with Crippen LogP contribution in [0.25, 0.3) is 0 Å². The minimum absolute atomic E-state index is 0.00606. The summed E-state index contributed by atoms with van der Waals surface area (Å²) in [7, 11) is 0. The smallest absolute Gasteiger partial charge is 0.261 e. The minimum atomic E-state index is -0.100. The van der Waals surface area contributed by atoms with E-state index < -0.39 is 0 Å². The van der Waals surface area contributed by atoms with Gasteiger partial charge in [-0.05, 0) is 38.8 Å². The van der Waals surface area contributed by atoms with Gasteiger partial charge in [-0.1, -0.05) is 0 Å². The lowest BCUT2D eigenvalue weighted by Gasteiger charge is -2.32. The van der Waals surface area contributed by atoms with E-state index in [2.05, 4.69) is 5.32 Å². The zero-order chi connectivity index (χ0) is 15.4. The van der Waals surface area contributed by atoms with E-state index in [0.717, 1.165) is 22.6 Å². The molecule has 116 valence electrons. The fourth-order valence-corrected chi connectivity index (χ4v) is 3.26. The zero-order valence-corrected chi connectivity index (χ0v) is 13.4. The van der Waals surface area contributed by atoms with Crippen LogP contribution in [0.5, 0.6) is 0 Å². The third kappa shape index (κ3) is 4.54. The molecule has 1 aliphatic heterocycles. The van der Waals surface area contributed by atoms with E-state index in [4.69, 9.17) is 5.73 Å². The maximum Gasteiger partial charge on any atom is 0.261 e. The predicted molar refractivity (Wildman–Crippen MR) is 84.4 cm³/mol. The van der Waals surface area contributed by atoms with Crippen LogP contribution in [0, 0.1) is 6.92 Å². The fraction of sp³-hybridized carbons (Fsp3) is 0.600. The lowest BCUT2D eigenvalue weighted by atomic mass is 10.0. The van der Waals surface area contributed by atoms with Gasteiger partial charge in [-0.15, -0.1) is 11.3 Å². The van der Waals surface area contributed by atoms with Gasteiger partial charge < -0.3 is 16.0 Å². The second-order valence-corrected chi connectivity index (χ2v) is 7.01. The van der Waals surface area contributed by atoms with Crippen molar-refractivity contribution in [2.75, 3.05) is 13.1 Å². The van der Waals surface area contributed by atoms with Crippen molar-refractivity contribution in [2.45, 2.75) is 45.2 Å². The second kappa shape index (κ2) is 7.04. The molecule has 0 radical (unpaired) electrons. The summed E-state index contributed by atoms with van der Waals surface area (Å²) >= 11 is 1.51. The molecular weight excluding hydrogens is 286 g/mol. The van der Waals surface area contributed by atoms with Crippen molar-refractivity contribution in [1.29, 1.82) is 0 Å². The Labute approximate surface area is 129 Å². The highest BCUT2D eigenvalue weighted by Crippen LogP contribution is 2.17.